The molecule has 6 fully saturated rings. The molecule has 6 aliphatic rings. The molecule has 120 valence electrons. The third-order valence-electron chi connectivity index (χ3n) is 7.74. The molecule has 0 aromatic carbocycles. The van der Waals surface area contributed by atoms with Crippen LogP contribution in [0.15, 0.2) is 5.10 Å². The average molecular weight is 300 g/mol. The Hall–Kier alpha value is -0.860. The highest BCUT2D eigenvalue weighted by Crippen LogP contribution is 2.60. The van der Waals surface area contributed by atoms with Crippen molar-refractivity contribution in [1.29, 1.82) is 0 Å². The van der Waals surface area contributed by atoms with Crippen LogP contribution in [0.25, 0.3) is 0 Å². The van der Waals surface area contributed by atoms with Gasteiger partial charge in [-0.05, 0) is 93.3 Å². The molecule has 0 aliphatic heterocycles. The maximum atomic E-state index is 12.8. The zero-order valence-corrected chi connectivity index (χ0v) is 13.5. The van der Waals surface area contributed by atoms with Crippen molar-refractivity contribution in [3.8, 4) is 0 Å². The first kappa shape index (κ1) is 13.6. The summed E-state index contributed by atoms with van der Waals surface area (Å²) in [6, 6.07) is 0. The lowest BCUT2D eigenvalue weighted by Crippen LogP contribution is -2.52. The summed E-state index contributed by atoms with van der Waals surface area (Å²) in [7, 11) is 0. The van der Waals surface area contributed by atoms with E-state index >= 15 is 0 Å². The number of hydrazone groups is 1. The number of carbonyl (C=O) groups is 1. The minimum Gasteiger partial charge on any atom is -0.273 e. The Morgan fingerprint density at radius 3 is 2.14 bits per heavy atom. The molecule has 1 N–H and O–H groups in total. The Bertz CT molecular complexity index is 476. The number of fused-ring (bicyclic) bond motifs is 2. The number of hydrogen-bond donors (Lipinski definition) is 1. The molecule has 1 amide bonds. The molecule has 0 radical (unpaired) electrons. The van der Waals surface area contributed by atoms with Gasteiger partial charge in [-0.1, -0.05) is 6.42 Å². The number of hydrogen-bond acceptors (Lipinski definition) is 2. The van der Waals surface area contributed by atoms with E-state index < -0.39 is 0 Å². The molecular formula is C19H28N2O. The molecule has 22 heavy (non-hydrogen) atoms. The first-order valence-electron chi connectivity index (χ1n) is 9.54. The molecule has 0 saturated heterocycles. The Morgan fingerprint density at radius 1 is 0.909 bits per heavy atom. The maximum Gasteiger partial charge on any atom is 0.246 e. The van der Waals surface area contributed by atoms with Crippen molar-refractivity contribution in [3.05, 3.63) is 0 Å². The van der Waals surface area contributed by atoms with E-state index in [1.54, 1.807) is 0 Å². The van der Waals surface area contributed by atoms with Crippen molar-refractivity contribution in [2.24, 2.45) is 46.0 Å². The fourth-order valence-corrected chi connectivity index (χ4v) is 7.18. The number of amides is 1. The first-order valence-corrected chi connectivity index (χ1v) is 9.54. The predicted octanol–water partition coefficient (Wildman–Crippen LogP) is 3.74. The van der Waals surface area contributed by atoms with Gasteiger partial charge >= 0.3 is 0 Å². The van der Waals surface area contributed by atoms with Gasteiger partial charge in [0.2, 0.25) is 5.91 Å². The van der Waals surface area contributed by atoms with Gasteiger partial charge in [0.15, 0.2) is 0 Å². The zero-order chi connectivity index (χ0) is 14.7. The lowest BCUT2D eigenvalue weighted by molar-refractivity contribution is -0.146. The van der Waals surface area contributed by atoms with Crippen molar-refractivity contribution >= 4 is 12.1 Å². The summed E-state index contributed by atoms with van der Waals surface area (Å²) in [5, 5.41) is 4.40. The van der Waals surface area contributed by atoms with Crippen molar-refractivity contribution in [2.45, 2.75) is 64.2 Å². The van der Waals surface area contributed by atoms with Crippen LogP contribution < -0.4 is 5.43 Å². The van der Waals surface area contributed by atoms with E-state index in [1.165, 1.54) is 44.9 Å². The summed E-state index contributed by atoms with van der Waals surface area (Å²) in [4.78, 5) is 12.8. The molecule has 6 aliphatic carbocycles. The molecule has 6 bridgehead atoms. The van der Waals surface area contributed by atoms with E-state index in [0.29, 0.717) is 5.92 Å². The molecule has 0 aromatic heterocycles. The minimum absolute atomic E-state index is 0.0548. The maximum absolute atomic E-state index is 12.8. The smallest absolute Gasteiger partial charge is 0.246 e. The SMILES string of the molecule is O=C(N/N=C\[C@@H]1C[C@H]2CC[C@H]1C2)C12CC3CC(CC(C3)C1)C2. The van der Waals surface area contributed by atoms with E-state index in [0.717, 1.165) is 48.9 Å². The molecule has 6 rings (SSSR count). The lowest BCUT2D eigenvalue weighted by atomic mass is 9.49. The summed E-state index contributed by atoms with van der Waals surface area (Å²) < 4.78 is 0. The fraction of sp³-hybridized carbons (Fsp3) is 0.895. The molecular weight excluding hydrogens is 272 g/mol. The van der Waals surface area contributed by atoms with Crippen LogP contribution in [0.5, 0.6) is 0 Å². The van der Waals surface area contributed by atoms with Crippen LogP contribution in [-0.4, -0.2) is 12.1 Å². The van der Waals surface area contributed by atoms with Gasteiger partial charge in [-0.25, -0.2) is 5.43 Å². The van der Waals surface area contributed by atoms with Gasteiger partial charge in [0, 0.05) is 6.21 Å². The van der Waals surface area contributed by atoms with Crippen LogP contribution in [-0.2, 0) is 4.79 Å². The number of rotatable bonds is 3. The van der Waals surface area contributed by atoms with Crippen LogP contribution in [0.3, 0.4) is 0 Å². The second kappa shape index (κ2) is 4.82. The molecule has 3 nitrogen and oxygen atoms in total. The monoisotopic (exact) mass is 300 g/mol. The highest BCUT2D eigenvalue weighted by molar-refractivity contribution is 5.83. The second-order valence-electron chi connectivity index (χ2n) is 9.26. The van der Waals surface area contributed by atoms with Gasteiger partial charge in [-0.15, -0.1) is 0 Å². The van der Waals surface area contributed by atoms with Crippen LogP contribution in [0.2, 0.25) is 0 Å². The first-order chi connectivity index (χ1) is 10.7. The quantitative estimate of drug-likeness (QED) is 0.626. The van der Waals surface area contributed by atoms with Crippen molar-refractivity contribution < 1.29 is 4.79 Å². The van der Waals surface area contributed by atoms with Gasteiger partial charge in [0.1, 0.15) is 0 Å². The largest absolute Gasteiger partial charge is 0.273 e. The van der Waals surface area contributed by atoms with Crippen LogP contribution in [0.1, 0.15) is 64.2 Å². The summed E-state index contributed by atoms with van der Waals surface area (Å²) in [6.45, 7) is 0. The molecule has 0 heterocycles. The summed E-state index contributed by atoms with van der Waals surface area (Å²) in [6.07, 6.45) is 15.2. The summed E-state index contributed by atoms with van der Waals surface area (Å²) >= 11 is 0. The molecule has 6 saturated carbocycles. The Balaban J connectivity index is 1.24. The Kier molecular flexibility index (Phi) is 2.97. The normalized spacial score (nSPS) is 51.8. The Labute approximate surface area is 133 Å². The standard InChI is InChI=1S/C19H28N2O/c22-18(21-20-11-17-7-12-1-2-16(17)6-12)19-8-13-3-14(9-19)5-15(4-13)10-19/h11-17H,1-10H2,(H,21,22)/b20-11-/t12-,13?,14?,15?,16-,17-,19?/m0/s1. The van der Waals surface area contributed by atoms with E-state index in [1.807, 2.05) is 0 Å². The molecule has 0 spiro atoms. The van der Waals surface area contributed by atoms with Gasteiger partial charge in [0.05, 0.1) is 5.41 Å². The minimum atomic E-state index is -0.0548. The third-order valence-corrected chi connectivity index (χ3v) is 7.74. The van der Waals surface area contributed by atoms with E-state index in [9.17, 15) is 4.79 Å². The molecule has 0 aromatic rings. The van der Waals surface area contributed by atoms with E-state index in [-0.39, 0.29) is 11.3 Å². The molecule has 0 unspecified atom stereocenters. The van der Waals surface area contributed by atoms with Gasteiger partial charge in [-0.2, -0.15) is 5.10 Å². The third kappa shape index (κ3) is 2.07. The summed E-state index contributed by atoms with van der Waals surface area (Å²) in [5.41, 5.74) is 2.90. The molecule has 3 atom stereocenters. The van der Waals surface area contributed by atoms with Crippen LogP contribution in [0, 0.1) is 40.9 Å². The number of carbonyl (C=O) groups excluding carboxylic acids is 1. The van der Waals surface area contributed by atoms with E-state index in [4.69, 9.17) is 0 Å². The lowest BCUT2D eigenvalue weighted by Gasteiger charge is -2.55. The van der Waals surface area contributed by atoms with Crippen molar-refractivity contribution in [3.63, 3.8) is 0 Å². The summed E-state index contributed by atoms with van der Waals surface area (Å²) in [5.74, 6) is 5.15. The average Bonchev–Trinajstić information content (AvgIpc) is 3.08. The van der Waals surface area contributed by atoms with Crippen LogP contribution in [0.4, 0.5) is 0 Å². The predicted molar refractivity (Wildman–Crippen MR) is 86.2 cm³/mol. The number of nitrogens with zero attached hydrogens (tertiary/aromatic N) is 1. The Morgan fingerprint density at radius 2 is 1.59 bits per heavy atom. The highest BCUT2D eigenvalue weighted by Gasteiger charge is 2.54. The van der Waals surface area contributed by atoms with E-state index in [2.05, 4.69) is 16.7 Å². The van der Waals surface area contributed by atoms with Crippen LogP contribution >= 0.6 is 0 Å². The highest BCUT2D eigenvalue weighted by atomic mass is 16.2. The van der Waals surface area contributed by atoms with Gasteiger partial charge in [0.25, 0.3) is 0 Å². The van der Waals surface area contributed by atoms with Gasteiger partial charge in [-0.3, -0.25) is 4.79 Å². The zero-order valence-electron chi connectivity index (χ0n) is 13.5. The van der Waals surface area contributed by atoms with Crippen molar-refractivity contribution in [1.82, 2.24) is 5.43 Å². The topological polar surface area (TPSA) is 41.5 Å². The molecule has 3 heteroatoms. The van der Waals surface area contributed by atoms with Gasteiger partial charge < -0.3 is 0 Å². The second-order valence-corrected chi connectivity index (χ2v) is 9.26. The number of nitrogens with one attached hydrogen (secondary N) is 1. The fourth-order valence-electron chi connectivity index (χ4n) is 7.18. The van der Waals surface area contributed by atoms with Crippen molar-refractivity contribution in [2.75, 3.05) is 0 Å².